The van der Waals surface area contributed by atoms with Gasteiger partial charge in [0.2, 0.25) is 11.7 Å². The van der Waals surface area contributed by atoms with Crippen LogP contribution < -0.4 is 0 Å². The van der Waals surface area contributed by atoms with Crippen molar-refractivity contribution >= 4 is 17.3 Å². The fourth-order valence-corrected chi connectivity index (χ4v) is 3.26. The van der Waals surface area contributed by atoms with Gasteiger partial charge in [-0.3, -0.25) is 4.79 Å². The molecule has 6 heteroatoms. The Kier molecular flexibility index (Phi) is 3.33. The number of carboxylic acids is 1. The van der Waals surface area contributed by atoms with Crippen LogP contribution >= 0.6 is 11.3 Å². The van der Waals surface area contributed by atoms with E-state index >= 15 is 0 Å². The van der Waals surface area contributed by atoms with Crippen molar-refractivity contribution in [2.75, 3.05) is 0 Å². The van der Waals surface area contributed by atoms with Gasteiger partial charge in [0.05, 0.1) is 16.7 Å². The summed E-state index contributed by atoms with van der Waals surface area (Å²) in [5, 5.41) is 15.2. The van der Waals surface area contributed by atoms with Crippen LogP contribution in [0.5, 0.6) is 0 Å². The minimum atomic E-state index is -0.763. The third-order valence-corrected chi connectivity index (χ3v) is 4.45. The van der Waals surface area contributed by atoms with Gasteiger partial charge >= 0.3 is 5.97 Å². The van der Waals surface area contributed by atoms with Crippen LogP contribution in [0, 0.1) is 5.92 Å². The molecule has 1 fully saturated rings. The average Bonchev–Trinajstić information content (AvgIpc) is 3.09. The Bertz CT molecular complexity index is 564. The molecule has 5 nitrogen and oxygen atoms in total. The smallest absolute Gasteiger partial charge is 0.307 e. The first kappa shape index (κ1) is 12.3. The molecule has 0 aliphatic heterocycles. The van der Waals surface area contributed by atoms with E-state index in [1.165, 1.54) is 0 Å². The number of nitrogens with zero attached hydrogens (tertiary/aromatic N) is 2. The van der Waals surface area contributed by atoms with Crippen molar-refractivity contribution in [3.63, 3.8) is 0 Å². The Balaban J connectivity index is 1.87. The molecule has 0 amide bonds. The van der Waals surface area contributed by atoms with Crippen molar-refractivity contribution in [2.45, 2.75) is 31.6 Å². The van der Waals surface area contributed by atoms with Crippen LogP contribution in [0.25, 0.3) is 10.7 Å². The van der Waals surface area contributed by atoms with E-state index in [0.29, 0.717) is 18.1 Å². The lowest BCUT2D eigenvalue weighted by molar-refractivity contribution is -0.143. The number of thiophene rings is 1. The Morgan fingerprint density at radius 2 is 2.26 bits per heavy atom. The van der Waals surface area contributed by atoms with Gasteiger partial charge in [-0.25, -0.2) is 0 Å². The first-order valence-corrected chi connectivity index (χ1v) is 7.24. The van der Waals surface area contributed by atoms with Crippen molar-refractivity contribution in [2.24, 2.45) is 5.92 Å². The SMILES string of the molecule is O=C(O)C1CCCCC1c1nc(-c2cccs2)no1. The van der Waals surface area contributed by atoms with Crippen LogP contribution in [0.2, 0.25) is 0 Å². The maximum absolute atomic E-state index is 11.3. The monoisotopic (exact) mass is 278 g/mol. The lowest BCUT2D eigenvalue weighted by atomic mass is 9.79. The van der Waals surface area contributed by atoms with Gasteiger partial charge in [-0.1, -0.05) is 24.1 Å². The molecular weight excluding hydrogens is 264 g/mol. The molecule has 1 N–H and O–H groups in total. The molecule has 1 aliphatic carbocycles. The molecule has 0 bridgehead atoms. The van der Waals surface area contributed by atoms with E-state index in [0.717, 1.165) is 24.1 Å². The molecule has 100 valence electrons. The molecule has 0 aromatic carbocycles. The van der Waals surface area contributed by atoms with E-state index in [1.807, 2.05) is 17.5 Å². The van der Waals surface area contributed by atoms with Crippen LogP contribution in [-0.2, 0) is 4.79 Å². The molecule has 0 saturated heterocycles. The number of aromatic nitrogens is 2. The second-order valence-corrected chi connectivity index (χ2v) is 5.72. The normalized spacial score (nSPS) is 23.4. The Morgan fingerprint density at radius 1 is 1.42 bits per heavy atom. The zero-order valence-corrected chi connectivity index (χ0v) is 11.1. The maximum atomic E-state index is 11.3. The number of carbonyl (C=O) groups is 1. The number of aliphatic carboxylic acids is 1. The fraction of sp³-hybridized carbons (Fsp3) is 0.462. The highest BCUT2D eigenvalue weighted by Crippen LogP contribution is 2.38. The van der Waals surface area contributed by atoms with E-state index in [-0.39, 0.29) is 5.92 Å². The van der Waals surface area contributed by atoms with Gasteiger partial charge in [-0.15, -0.1) is 11.3 Å². The van der Waals surface area contributed by atoms with Gasteiger partial charge in [-0.05, 0) is 24.3 Å². The summed E-state index contributed by atoms with van der Waals surface area (Å²) in [5.74, 6) is -0.284. The maximum Gasteiger partial charge on any atom is 0.307 e. The molecule has 1 saturated carbocycles. The van der Waals surface area contributed by atoms with Crippen molar-refractivity contribution in [1.29, 1.82) is 0 Å². The first-order valence-electron chi connectivity index (χ1n) is 6.36. The van der Waals surface area contributed by atoms with Crippen molar-refractivity contribution in [3.8, 4) is 10.7 Å². The summed E-state index contributed by atoms with van der Waals surface area (Å²) < 4.78 is 5.29. The number of hydrogen-bond acceptors (Lipinski definition) is 5. The van der Waals surface area contributed by atoms with Gasteiger partial charge in [0.15, 0.2) is 0 Å². The molecule has 2 heterocycles. The van der Waals surface area contributed by atoms with E-state index in [2.05, 4.69) is 10.1 Å². The van der Waals surface area contributed by atoms with Crippen LogP contribution in [0.3, 0.4) is 0 Å². The summed E-state index contributed by atoms with van der Waals surface area (Å²) in [7, 11) is 0. The number of carboxylic acid groups (broad SMARTS) is 1. The molecular formula is C13H14N2O3S. The predicted octanol–water partition coefficient (Wildman–Crippen LogP) is 3.16. The first-order chi connectivity index (χ1) is 9.25. The van der Waals surface area contributed by atoms with Gasteiger partial charge in [-0.2, -0.15) is 4.98 Å². The van der Waals surface area contributed by atoms with Crippen LogP contribution in [0.4, 0.5) is 0 Å². The van der Waals surface area contributed by atoms with E-state index in [1.54, 1.807) is 11.3 Å². The second kappa shape index (κ2) is 5.13. The number of hydrogen-bond donors (Lipinski definition) is 1. The lowest BCUT2D eigenvalue weighted by Gasteiger charge is -2.25. The van der Waals surface area contributed by atoms with Crippen LogP contribution in [0.1, 0.15) is 37.5 Å². The highest BCUT2D eigenvalue weighted by atomic mass is 32.1. The van der Waals surface area contributed by atoms with E-state index < -0.39 is 11.9 Å². The Labute approximate surface area is 114 Å². The largest absolute Gasteiger partial charge is 0.481 e. The average molecular weight is 278 g/mol. The van der Waals surface area contributed by atoms with Crippen LogP contribution in [-0.4, -0.2) is 21.2 Å². The Morgan fingerprint density at radius 3 is 3.00 bits per heavy atom. The quantitative estimate of drug-likeness (QED) is 0.933. The molecule has 3 rings (SSSR count). The number of rotatable bonds is 3. The minimum absolute atomic E-state index is 0.146. The molecule has 2 aromatic rings. The summed E-state index contributed by atoms with van der Waals surface area (Å²) in [6.07, 6.45) is 3.48. The highest BCUT2D eigenvalue weighted by Gasteiger charge is 2.35. The van der Waals surface area contributed by atoms with E-state index in [9.17, 15) is 9.90 Å². The standard InChI is InChI=1S/C13H14N2O3S/c16-13(17)9-5-2-1-4-8(9)12-14-11(15-18-12)10-6-3-7-19-10/h3,6-9H,1-2,4-5H2,(H,16,17). The highest BCUT2D eigenvalue weighted by molar-refractivity contribution is 7.13. The molecule has 0 radical (unpaired) electrons. The van der Waals surface area contributed by atoms with E-state index in [4.69, 9.17) is 4.52 Å². The second-order valence-electron chi connectivity index (χ2n) is 4.77. The summed E-state index contributed by atoms with van der Waals surface area (Å²) in [6, 6.07) is 3.85. The van der Waals surface area contributed by atoms with Crippen molar-refractivity contribution in [1.82, 2.24) is 10.1 Å². The molecule has 1 aliphatic rings. The lowest BCUT2D eigenvalue weighted by Crippen LogP contribution is -2.25. The van der Waals surface area contributed by atoms with Gasteiger partial charge in [0.1, 0.15) is 0 Å². The zero-order valence-electron chi connectivity index (χ0n) is 10.3. The fourth-order valence-electron chi connectivity index (χ4n) is 2.61. The molecule has 2 unspecified atom stereocenters. The molecule has 0 spiro atoms. The van der Waals surface area contributed by atoms with Crippen molar-refractivity contribution < 1.29 is 14.4 Å². The summed E-state index contributed by atoms with van der Waals surface area (Å²) in [6.45, 7) is 0. The summed E-state index contributed by atoms with van der Waals surface area (Å²) in [4.78, 5) is 16.6. The summed E-state index contributed by atoms with van der Waals surface area (Å²) >= 11 is 1.54. The van der Waals surface area contributed by atoms with Gasteiger partial charge in [0, 0.05) is 0 Å². The molecule has 19 heavy (non-hydrogen) atoms. The Hall–Kier alpha value is -1.69. The summed E-state index contributed by atoms with van der Waals surface area (Å²) in [5.41, 5.74) is 0. The molecule has 2 atom stereocenters. The molecule has 2 aromatic heterocycles. The zero-order chi connectivity index (χ0) is 13.2. The third-order valence-electron chi connectivity index (χ3n) is 3.58. The minimum Gasteiger partial charge on any atom is -0.481 e. The van der Waals surface area contributed by atoms with Gasteiger partial charge < -0.3 is 9.63 Å². The third kappa shape index (κ3) is 2.40. The van der Waals surface area contributed by atoms with Gasteiger partial charge in [0.25, 0.3) is 0 Å². The van der Waals surface area contributed by atoms with Crippen molar-refractivity contribution in [3.05, 3.63) is 23.4 Å². The predicted molar refractivity (Wildman–Crippen MR) is 69.9 cm³/mol. The topological polar surface area (TPSA) is 76.2 Å². The van der Waals surface area contributed by atoms with Crippen LogP contribution in [0.15, 0.2) is 22.0 Å².